The van der Waals surface area contributed by atoms with Gasteiger partial charge in [0.1, 0.15) is 11.6 Å². The highest BCUT2D eigenvalue weighted by atomic mass is 16.5. The summed E-state index contributed by atoms with van der Waals surface area (Å²) in [5.74, 6) is 1.42. The lowest BCUT2D eigenvalue weighted by Crippen LogP contribution is -2.54. The Bertz CT molecular complexity index is 1440. The van der Waals surface area contributed by atoms with Gasteiger partial charge >= 0.3 is 6.01 Å². The summed E-state index contributed by atoms with van der Waals surface area (Å²) < 4.78 is 11.7. The van der Waals surface area contributed by atoms with Crippen LogP contribution < -0.4 is 9.64 Å². The Hall–Kier alpha value is -3.69. The Morgan fingerprint density at radius 1 is 1.17 bits per heavy atom. The zero-order chi connectivity index (χ0) is 29.1. The molecule has 1 N–H and O–H groups in total. The number of aromatic nitrogens is 2. The third-order valence-corrected chi connectivity index (χ3v) is 8.89. The summed E-state index contributed by atoms with van der Waals surface area (Å²) in [6, 6.07) is 12.5. The summed E-state index contributed by atoms with van der Waals surface area (Å²) in [5.41, 5.74) is 3.35. The van der Waals surface area contributed by atoms with E-state index in [0.29, 0.717) is 38.0 Å². The summed E-state index contributed by atoms with van der Waals surface area (Å²) in [4.78, 5) is 28.9. The molecule has 2 aliphatic heterocycles. The molecule has 9 nitrogen and oxygen atoms in total. The van der Waals surface area contributed by atoms with Gasteiger partial charge in [-0.25, -0.2) is 0 Å². The number of aromatic hydroxyl groups is 1. The van der Waals surface area contributed by atoms with E-state index in [1.807, 2.05) is 23.1 Å². The lowest BCUT2D eigenvalue weighted by Gasteiger charge is -2.41. The van der Waals surface area contributed by atoms with Crippen molar-refractivity contribution in [1.82, 2.24) is 19.8 Å². The van der Waals surface area contributed by atoms with Crippen LogP contribution in [0.5, 0.6) is 11.8 Å². The number of benzene rings is 2. The highest BCUT2D eigenvalue weighted by Gasteiger charge is 2.33. The number of phenols is 1. The van der Waals surface area contributed by atoms with Gasteiger partial charge in [0, 0.05) is 50.9 Å². The van der Waals surface area contributed by atoms with Crippen LogP contribution in [-0.4, -0.2) is 95.9 Å². The molecule has 222 valence electrons. The first-order valence-corrected chi connectivity index (χ1v) is 15.2. The number of carbonyl (C=O) groups excluding carboxylic acids is 1. The van der Waals surface area contributed by atoms with Gasteiger partial charge in [-0.3, -0.25) is 9.69 Å². The van der Waals surface area contributed by atoms with Crippen molar-refractivity contribution in [3.8, 4) is 11.8 Å². The van der Waals surface area contributed by atoms with Crippen LogP contribution in [0.15, 0.2) is 49.1 Å². The minimum atomic E-state index is -0.0308. The van der Waals surface area contributed by atoms with Crippen molar-refractivity contribution >= 4 is 22.5 Å². The van der Waals surface area contributed by atoms with Crippen molar-refractivity contribution in [3.63, 3.8) is 0 Å². The predicted molar refractivity (Wildman–Crippen MR) is 163 cm³/mol. The van der Waals surface area contributed by atoms with E-state index in [0.717, 1.165) is 81.0 Å². The second-order valence-corrected chi connectivity index (χ2v) is 11.6. The normalized spacial score (nSPS) is 21.3. The van der Waals surface area contributed by atoms with Gasteiger partial charge in [0.15, 0.2) is 0 Å². The predicted octanol–water partition coefficient (Wildman–Crippen LogP) is 3.93. The van der Waals surface area contributed by atoms with Crippen LogP contribution >= 0.6 is 0 Å². The number of piperazine rings is 1. The maximum atomic E-state index is 12.3. The number of nitrogens with zero attached hydrogens (tertiary/aromatic N) is 5. The SMILES string of the molecule is C=CC(=O)N1CCN(c2nc(OCCCN3CCOCC3)nc3c2CCC(c2cc(O)cc4ccccc24)C3)[C@@H](C)C1. The van der Waals surface area contributed by atoms with Crippen LogP contribution in [0.3, 0.4) is 0 Å². The van der Waals surface area contributed by atoms with E-state index in [2.05, 4.69) is 41.5 Å². The molecule has 2 fully saturated rings. The first-order valence-electron chi connectivity index (χ1n) is 15.2. The topological polar surface area (TPSA) is 91.3 Å². The average Bonchev–Trinajstić information content (AvgIpc) is 3.02. The number of phenolic OH excluding ortho intramolecular Hbond substituents is 1. The van der Waals surface area contributed by atoms with E-state index in [9.17, 15) is 9.90 Å². The molecule has 1 amide bonds. The summed E-state index contributed by atoms with van der Waals surface area (Å²) in [6.45, 7) is 12.8. The molecule has 1 aromatic heterocycles. The molecule has 3 aromatic rings. The first kappa shape index (κ1) is 28.4. The molecule has 0 bridgehead atoms. The lowest BCUT2D eigenvalue weighted by molar-refractivity contribution is -0.126. The quantitative estimate of drug-likeness (QED) is 0.321. The molecule has 3 heterocycles. The summed E-state index contributed by atoms with van der Waals surface area (Å²) >= 11 is 0. The van der Waals surface area contributed by atoms with E-state index >= 15 is 0 Å². The van der Waals surface area contributed by atoms with Crippen LogP contribution in [-0.2, 0) is 22.4 Å². The highest BCUT2D eigenvalue weighted by molar-refractivity contribution is 5.88. The molecule has 0 spiro atoms. The fourth-order valence-corrected chi connectivity index (χ4v) is 6.68. The lowest BCUT2D eigenvalue weighted by atomic mass is 9.80. The van der Waals surface area contributed by atoms with Crippen LogP contribution in [0.25, 0.3) is 10.8 Å². The van der Waals surface area contributed by atoms with Crippen molar-refractivity contribution in [2.45, 2.75) is 44.6 Å². The number of amides is 1. The number of anilines is 1. The Morgan fingerprint density at radius 2 is 2.00 bits per heavy atom. The molecule has 1 aliphatic carbocycles. The highest BCUT2D eigenvalue weighted by Crippen LogP contribution is 2.40. The monoisotopic (exact) mass is 571 g/mol. The standard InChI is InChI=1S/C33H41N5O4/c1-3-31(40)37-12-13-38(23(2)22-37)32-28-10-9-25(29-21-26(39)19-24-7-4-5-8-27(24)29)20-30(28)34-33(35-32)42-16-6-11-36-14-17-41-18-15-36/h3-5,7-8,19,21,23,25,39H,1,6,9-18,20,22H2,2H3/t23-,25?/m0/s1. The Kier molecular flexibility index (Phi) is 8.58. The fraction of sp³-hybridized carbons (Fsp3) is 0.485. The minimum absolute atomic E-state index is 0.0308. The molecule has 2 atom stereocenters. The van der Waals surface area contributed by atoms with E-state index in [4.69, 9.17) is 19.4 Å². The van der Waals surface area contributed by atoms with Crippen molar-refractivity contribution in [2.24, 2.45) is 0 Å². The number of hydrogen-bond acceptors (Lipinski definition) is 8. The van der Waals surface area contributed by atoms with Gasteiger partial charge in [-0.1, -0.05) is 30.8 Å². The number of hydrogen-bond donors (Lipinski definition) is 1. The van der Waals surface area contributed by atoms with Gasteiger partial charge in [0.2, 0.25) is 5.91 Å². The maximum absolute atomic E-state index is 12.3. The second kappa shape index (κ2) is 12.7. The van der Waals surface area contributed by atoms with Gasteiger partial charge in [-0.05, 0) is 73.1 Å². The molecule has 0 saturated carbocycles. The fourth-order valence-electron chi connectivity index (χ4n) is 6.68. The maximum Gasteiger partial charge on any atom is 0.318 e. The Morgan fingerprint density at radius 3 is 2.81 bits per heavy atom. The zero-order valence-electron chi connectivity index (χ0n) is 24.5. The molecule has 2 saturated heterocycles. The Balaban J connectivity index is 1.27. The number of morpholine rings is 1. The van der Waals surface area contributed by atoms with Crippen molar-refractivity contribution < 1.29 is 19.4 Å². The van der Waals surface area contributed by atoms with Crippen LogP contribution in [0.4, 0.5) is 5.82 Å². The van der Waals surface area contributed by atoms with Gasteiger partial charge < -0.3 is 24.4 Å². The minimum Gasteiger partial charge on any atom is -0.508 e. The molecule has 3 aliphatic rings. The van der Waals surface area contributed by atoms with Crippen molar-refractivity contribution in [1.29, 1.82) is 0 Å². The van der Waals surface area contributed by atoms with Gasteiger partial charge in [-0.15, -0.1) is 0 Å². The second-order valence-electron chi connectivity index (χ2n) is 11.6. The first-order chi connectivity index (χ1) is 20.5. The van der Waals surface area contributed by atoms with E-state index in [-0.39, 0.29) is 17.9 Å². The van der Waals surface area contributed by atoms with E-state index in [1.165, 1.54) is 17.0 Å². The number of carbonyl (C=O) groups is 1. The summed E-state index contributed by atoms with van der Waals surface area (Å²) in [5, 5.41) is 12.7. The molecule has 1 unspecified atom stereocenters. The van der Waals surface area contributed by atoms with Crippen LogP contribution in [0, 0.1) is 0 Å². The largest absolute Gasteiger partial charge is 0.508 e. The van der Waals surface area contributed by atoms with Crippen LogP contribution in [0.1, 0.15) is 42.5 Å². The molecule has 0 radical (unpaired) electrons. The summed E-state index contributed by atoms with van der Waals surface area (Å²) in [6.07, 6.45) is 4.83. The molecule has 2 aromatic carbocycles. The molecular formula is C33H41N5O4. The molecular weight excluding hydrogens is 530 g/mol. The third kappa shape index (κ3) is 6.08. The van der Waals surface area contributed by atoms with Crippen molar-refractivity contribution in [2.75, 3.05) is 64.0 Å². The smallest absolute Gasteiger partial charge is 0.318 e. The molecule has 6 rings (SSSR count). The van der Waals surface area contributed by atoms with E-state index in [1.54, 1.807) is 0 Å². The van der Waals surface area contributed by atoms with Gasteiger partial charge in [-0.2, -0.15) is 9.97 Å². The number of ether oxygens (including phenoxy) is 2. The molecule has 9 heteroatoms. The van der Waals surface area contributed by atoms with Gasteiger partial charge in [0.05, 0.1) is 25.5 Å². The summed E-state index contributed by atoms with van der Waals surface area (Å²) in [7, 11) is 0. The van der Waals surface area contributed by atoms with Gasteiger partial charge in [0.25, 0.3) is 0 Å². The van der Waals surface area contributed by atoms with Crippen LogP contribution in [0.2, 0.25) is 0 Å². The third-order valence-electron chi connectivity index (χ3n) is 8.89. The number of rotatable bonds is 8. The molecule has 42 heavy (non-hydrogen) atoms. The number of fused-ring (bicyclic) bond motifs is 2. The van der Waals surface area contributed by atoms with E-state index < -0.39 is 0 Å². The zero-order valence-corrected chi connectivity index (χ0v) is 24.5. The van der Waals surface area contributed by atoms with Crippen molar-refractivity contribution in [3.05, 3.63) is 65.9 Å². The Labute approximate surface area is 247 Å². The average molecular weight is 572 g/mol.